The number of nitrogens with one attached hydrogen (secondary N) is 2. The standard InChI is InChI=1S/C21H30N4O3S/c1-15(2)23-29(27,28)18-11-9-17(10-12-18)22-21(26)16(3)25-14-6-8-20(25)19-7-5-13-24(19)4/h5,7,9-13,15-16,20,23H,6,8,14H2,1-4H3,(H,22,26)/t16-,20+/m0/s1. The van der Waals surface area contributed by atoms with E-state index < -0.39 is 10.0 Å². The molecule has 3 rings (SSSR count). The zero-order chi connectivity index (χ0) is 21.2. The molecule has 2 N–H and O–H groups in total. The first-order valence-electron chi connectivity index (χ1n) is 9.99. The lowest BCUT2D eigenvalue weighted by molar-refractivity contribution is -0.121. The van der Waals surface area contributed by atoms with Gasteiger partial charge in [0.25, 0.3) is 0 Å². The van der Waals surface area contributed by atoms with Gasteiger partial charge in [-0.1, -0.05) is 0 Å². The topological polar surface area (TPSA) is 83.4 Å². The number of anilines is 1. The quantitative estimate of drug-likeness (QED) is 0.724. The normalized spacial score (nSPS) is 18.9. The van der Waals surface area contributed by atoms with Crippen molar-refractivity contribution in [3.05, 3.63) is 48.3 Å². The van der Waals surface area contributed by atoms with Crippen molar-refractivity contribution in [2.45, 2.75) is 56.6 Å². The van der Waals surface area contributed by atoms with Crippen molar-refractivity contribution in [1.29, 1.82) is 0 Å². The first-order chi connectivity index (χ1) is 13.7. The Hall–Kier alpha value is -2.16. The number of sulfonamides is 1. The molecular formula is C21H30N4O3S. The van der Waals surface area contributed by atoms with E-state index >= 15 is 0 Å². The molecule has 2 atom stereocenters. The Morgan fingerprint density at radius 1 is 1.14 bits per heavy atom. The molecule has 1 aliphatic rings. The van der Waals surface area contributed by atoms with Gasteiger partial charge in [0.1, 0.15) is 0 Å². The second kappa shape index (κ2) is 8.69. The number of rotatable bonds is 7. The van der Waals surface area contributed by atoms with Gasteiger partial charge in [-0.3, -0.25) is 9.69 Å². The predicted molar refractivity (Wildman–Crippen MR) is 114 cm³/mol. The summed E-state index contributed by atoms with van der Waals surface area (Å²) in [6.07, 6.45) is 4.12. The fraction of sp³-hybridized carbons (Fsp3) is 0.476. The van der Waals surface area contributed by atoms with E-state index in [1.54, 1.807) is 26.0 Å². The molecule has 0 unspecified atom stereocenters. The molecular weight excluding hydrogens is 388 g/mol. The summed E-state index contributed by atoms with van der Waals surface area (Å²) >= 11 is 0. The lowest BCUT2D eigenvalue weighted by Gasteiger charge is -2.30. The number of hydrogen-bond acceptors (Lipinski definition) is 4. The Morgan fingerprint density at radius 2 is 1.83 bits per heavy atom. The maximum absolute atomic E-state index is 12.8. The van der Waals surface area contributed by atoms with Crippen molar-refractivity contribution in [3.63, 3.8) is 0 Å². The van der Waals surface area contributed by atoms with E-state index in [1.807, 2.05) is 26.2 Å². The molecule has 0 aliphatic carbocycles. The van der Waals surface area contributed by atoms with Crippen LogP contribution in [-0.2, 0) is 21.9 Å². The number of amides is 1. The average molecular weight is 419 g/mol. The highest BCUT2D eigenvalue weighted by Gasteiger charge is 2.34. The van der Waals surface area contributed by atoms with Crippen LogP contribution in [0.25, 0.3) is 0 Å². The SMILES string of the molecule is CC(C)NS(=O)(=O)c1ccc(NC(=O)[C@H](C)N2CCC[C@@H]2c2cccn2C)cc1. The van der Waals surface area contributed by atoms with Crippen LogP contribution in [0, 0.1) is 0 Å². The van der Waals surface area contributed by atoms with Crippen LogP contribution in [0.3, 0.4) is 0 Å². The molecule has 0 radical (unpaired) electrons. The zero-order valence-electron chi connectivity index (χ0n) is 17.4. The molecule has 0 saturated carbocycles. The maximum Gasteiger partial charge on any atom is 0.241 e. The lowest BCUT2D eigenvalue weighted by Crippen LogP contribution is -2.42. The van der Waals surface area contributed by atoms with Crippen molar-refractivity contribution in [1.82, 2.24) is 14.2 Å². The van der Waals surface area contributed by atoms with Crippen LogP contribution in [-0.4, -0.2) is 42.4 Å². The highest BCUT2D eigenvalue weighted by molar-refractivity contribution is 7.89. The summed E-state index contributed by atoms with van der Waals surface area (Å²) in [6, 6.07) is 10.2. The summed E-state index contributed by atoms with van der Waals surface area (Å²) in [7, 11) is -1.52. The van der Waals surface area contributed by atoms with Gasteiger partial charge in [0.2, 0.25) is 15.9 Å². The molecule has 0 spiro atoms. The number of carbonyl (C=O) groups is 1. The molecule has 1 amide bonds. The average Bonchev–Trinajstić information content (AvgIpc) is 3.28. The lowest BCUT2D eigenvalue weighted by atomic mass is 10.1. The molecule has 1 fully saturated rings. The van der Waals surface area contributed by atoms with Gasteiger partial charge in [0.05, 0.1) is 17.0 Å². The molecule has 8 heteroatoms. The Bertz CT molecular complexity index is 951. The summed E-state index contributed by atoms with van der Waals surface area (Å²) in [4.78, 5) is 15.2. The predicted octanol–water partition coefficient (Wildman–Crippen LogP) is 2.88. The van der Waals surface area contributed by atoms with Gasteiger partial charge in [-0.15, -0.1) is 0 Å². The van der Waals surface area contributed by atoms with Crippen molar-refractivity contribution in [3.8, 4) is 0 Å². The molecule has 1 aliphatic heterocycles. The first-order valence-corrected chi connectivity index (χ1v) is 11.5. The second-order valence-corrected chi connectivity index (χ2v) is 9.62. The number of aromatic nitrogens is 1. The van der Waals surface area contributed by atoms with E-state index in [0.717, 1.165) is 19.4 Å². The van der Waals surface area contributed by atoms with E-state index in [-0.39, 0.29) is 28.9 Å². The second-order valence-electron chi connectivity index (χ2n) is 7.91. The molecule has 0 bridgehead atoms. The maximum atomic E-state index is 12.8. The minimum absolute atomic E-state index is 0.0954. The summed E-state index contributed by atoms with van der Waals surface area (Å²) in [5.74, 6) is -0.0954. The molecule has 7 nitrogen and oxygen atoms in total. The molecule has 1 saturated heterocycles. The number of nitrogens with zero attached hydrogens (tertiary/aromatic N) is 2. The van der Waals surface area contributed by atoms with Crippen molar-refractivity contribution >= 4 is 21.6 Å². The molecule has 2 aromatic rings. The number of carbonyl (C=O) groups excluding carboxylic acids is 1. The Labute approximate surface area is 173 Å². The third kappa shape index (κ3) is 4.88. The fourth-order valence-corrected chi connectivity index (χ4v) is 5.13. The Morgan fingerprint density at radius 3 is 2.41 bits per heavy atom. The van der Waals surface area contributed by atoms with Gasteiger partial charge < -0.3 is 9.88 Å². The third-order valence-corrected chi connectivity index (χ3v) is 6.99. The van der Waals surface area contributed by atoms with Gasteiger partial charge in [0.15, 0.2) is 0 Å². The summed E-state index contributed by atoms with van der Waals surface area (Å²) in [5.41, 5.74) is 1.80. The van der Waals surface area contributed by atoms with Gasteiger partial charge in [0, 0.05) is 30.7 Å². The van der Waals surface area contributed by atoms with Gasteiger partial charge in [-0.2, -0.15) is 0 Å². The van der Waals surface area contributed by atoms with E-state index in [4.69, 9.17) is 0 Å². The highest BCUT2D eigenvalue weighted by atomic mass is 32.2. The Kier molecular flexibility index (Phi) is 6.45. The fourth-order valence-electron chi connectivity index (χ4n) is 3.88. The number of aryl methyl sites for hydroxylation is 1. The molecule has 2 heterocycles. The third-order valence-electron chi connectivity index (χ3n) is 5.32. The minimum atomic E-state index is -3.54. The number of hydrogen-bond donors (Lipinski definition) is 2. The van der Waals surface area contributed by atoms with E-state index in [9.17, 15) is 13.2 Å². The first kappa shape index (κ1) is 21.5. The van der Waals surface area contributed by atoms with Gasteiger partial charge in [-0.25, -0.2) is 13.1 Å². The van der Waals surface area contributed by atoms with Crippen molar-refractivity contribution < 1.29 is 13.2 Å². The molecule has 1 aromatic heterocycles. The van der Waals surface area contributed by atoms with Gasteiger partial charge in [-0.05, 0) is 76.6 Å². The van der Waals surface area contributed by atoms with Crippen LogP contribution in [0.15, 0.2) is 47.5 Å². The zero-order valence-corrected chi connectivity index (χ0v) is 18.2. The van der Waals surface area contributed by atoms with E-state index in [1.165, 1.54) is 17.8 Å². The molecule has 1 aromatic carbocycles. The van der Waals surface area contributed by atoms with E-state index in [0.29, 0.717) is 5.69 Å². The van der Waals surface area contributed by atoms with Crippen molar-refractivity contribution in [2.75, 3.05) is 11.9 Å². The smallest absolute Gasteiger partial charge is 0.241 e. The summed E-state index contributed by atoms with van der Waals surface area (Å²) in [6.45, 7) is 6.34. The highest BCUT2D eigenvalue weighted by Crippen LogP contribution is 2.33. The van der Waals surface area contributed by atoms with Crippen LogP contribution < -0.4 is 10.0 Å². The Balaban J connectivity index is 1.67. The molecule has 29 heavy (non-hydrogen) atoms. The monoisotopic (exact) mass is 418 g/mol. The summed E-state index contributed by atoms with van der Waals surface area (Å²) in [5, 5.41) is 2.92. The van der Waals surface area contributed by atoms with Crippen LogP contribution in [0.4, 0.5) is 5.69 Å². The van der Waals surface area contributed by atoms with Crippen LogP contribution in [0.5, 0.6) is 0 Å². The minimum Gasteiger partial charge on any atom is -0.353 e. The van der Waals surface area contributed by atoms with Gasteiger partial charge >= 0.3 is 0 Å². The molecule has 158 valence electrons. The van der Waals surface area contributed by atoms with E-state index in [2.05, 4.69) is 25.6 Å². The summed E-state index contributed by atoms with van der Waals surface area (Å²) < 4.78 is 29.1. The van der Waals surface area contributed by atoms with Crippen molar-refractivity contribution in [2.24, 2.45) is 7.05 Å². The number of likely N-dealkylation sites (tertiary alicyclic amines) is 1. The van der Waals surface area contributed by atoms with Crippen LogP contribution in [0.1, 0.15) is 45.3 Å². The number of benzene rings is 1. The van der Waals surface area contributed by atoms with Crippen LogP contribution in [0.2, 0.25) is 0 Å². The largest absolute Gasteiger partial charge is 0.353 e. The van der Waals surface area contributed by atoms with Crippen LogP contribution >= 0.6 is 0 Å².